The number of rotatable bonds is 8. The Labute approximate surface area is 175 Å². The minimum Gasteiger partial charge on any atom is -0.497 e. The van der Waals surface area contributed by atoms with Crippen LogP contribution in [0.1, 0.15) is 4.88 Å². The first kappa shape index (κ1) is 19.3. The van der Waals surface area contributed by atoms with Crippen LogP contribution in [0.2, 0.25) is 0 Å². The Kier molecular flexibility index (Phi) is 5.97. The molecule has 3 aromatic heterocycles. The summed E-state index contributed by atoms with van der Waals surface area (Å²) in [6, 6.07) is 15.1. The van der Waals surface area contributed by atoms with Crippen molar-refractivity contribution in [3.63, 3.8) is 0 Å². The number of methoxy groups -OCH3 is 1. The predicted molar refractivity (Wildman–Crippen MR) is 113 cm³/mol. The number of hydrogen-bond donors (Lipinski definition) is 1. The van der Waals surface area contributed by atoms with E-state index in [0.717, 1.165) is 22.0 Å². The Morgan fingerprint density at radius 2 is 2.07 bits per heavy atom. The maximum Gasteiger partial charge on any atom is 0.277 e. The van der Waals surface area contributed by atoms with Gasteiger partial charge in [0.25, 0.3) is 11.1 Å². The molecular weight excluding hydrogens is 408 g/mol. The van der Waals surface area contributed by atoms with Crippen molar-refractivity contribution in [1.82, 2.24) is 15.2 Å². The number of carbonyl (C=O) groups excluding carboxylic acids is 1. The molecule has 148 valence electrons. The summed E-state index contributed by atoms with van der Waals surface area (Å²) in [5.74, 6) is 1.28. The van der Waals surface area contributed by atoms with E-state index in [4.69, 9.17) is 9.15 Å². The average Bonchev–Trinajstić information content (AvgIpc) is 3.52. The number of H-pyrrole nitrogens is 1. The third kappa shape index (κ3) is 4.69. The van der Waals surface area contributed by atoms with Crippen LogP contribution in [0.25, 0.3) is 11.6 Å². The van der Waals surface area contributed by atoms with Crippen molar-refractivity contribution in [2.75, 3.05) is 17.8 Å². The van der Waals surface area contributed by atoms with Gasteiger partial charge in [0.2, 0.25) is 5.91 Å². The van der Waals surface area contributed by atoms with Crippen molar-refractivity contribution >= 4 is 34.7 Å². The lowest BCUT2D eigenvalue weighted by molar-refractivity contribution is -0.116. The zero-order valence-corrected chi connectivity index (χ0v) is 17.2. The summed E-state index contributed by atoms with van der Waals surface area (Å²) >= 11 is 2.84. The van der Waals surface area contributed by atoms with E-state index in [2.05, 4.69) is 15.2 Å². The van der Waals surface area contributed by atoms with E-state index in [-0.39, 0.29) is 11.7 Å². The van der Waals surface area contributed by atoms with Crippen LogP contribution >= 0.6 is 23.1 Å². The number of benzene rings is 1. The van der Waals surface area contributed by atoms with Crippen LogP contribution in [0, 0.1) is 0 Å². The van der Waals surface area contributed by atoms with Crippen LogP contribution in [-0.2, 0) is 11.3 Å². The highest BCUT2D eigenvalue weighted by Crippen LogP contribution is 2.26. The number of ether oxygens (including phenoxy) is 1. The fourth-order valence-corrected chi connectivity index (χ4v) is 4.02. The monoisotopic (exact) mass is 426 g/mol. The van der Waals surface area contributed by atoms with E-state index >= 15 is 0 Å². The highest BCUT2D eigenvalue weighted by molar-refractivity contribution is 7.99. The van der Waals surface area contributed by atoms with Crippen LogP contribution in [0.5, 0.6) is 5.75 Å². The molecule has 4 rings (SSSR count). The van der Waals surface area contributed by atoms with Crippen molar-refractivity contribution in [2.24, 2.45) is 0 Å². The lowest BCUT2D eigenvalue weighted by Crippen LogP contribution is -2.31. The minimum absolute atomic E-state index is 0.0480. The van der Waals surface area contributed by atoms with Gasteiger partial charge >= 0.3 is 0 Å². The van der Waals surface area contributed by atoms with Crippen LogP contribution in [0.3, 0.4) is 0 Å². The van der Waals surface area contributed by atoms with E-state index in [0.29, 0.717) is 17.7 Å². The molecule has 0 atom stereocenters. The zero-order chi connectivity index (χ0) is 20.1. The van der Waals surface area contributed by atoms with Crippen molar-refractivity contribution in [2.45, 2.75) is 11.8 Å². The topological polar surface area (TPSA) is 84.2 Å². The molecule has 0 bridgehead atoms. The van der Waals surface area contributed by atoms with Crippen LogP contribution in [0.4, 0.5) is 5.69 Å². The van der Waals surface area contributed by atoms with Gasteiger partial charge in [-0.15, -0.1) is 21.5 Å². The Morgan fingerprint density at radius 1 is 1.21 bits per heavy atom. The maximum absolute atomic E-state index is 13.0. The number of anilines is 1. The first-order chi connectivity index (χ1) is 14.2. The van der Waals surface area contributed by atoms with Crippen LogP contribution in [-0.4, -0.2) is 34.0 Å². The molecule has 0 saturated carbocycles. The molecule has 3 heterocycles. The number of thioether (sulfide) groups is 1. The molecule has 1 amide bonds. The lowest BCUT2D eigenvalue weighted by atomic mass is 10.2. The van der Waals surface area contributed by atoms with Gasteiger partial charge in [-0.1, -0.05) is 17.8 Å². The summed E-state index contributed by atoms with van der Waals surface area (Å²) in [6.45, 7) is 0.501. The molecule has 29 heavy (non-hydrogen) atoms. The van der Waals surface area contributed by atoms with E-state index in [1.807, 2.05) is 53.9 Å². The summed E-state index contributed by atoms with van der Waals surface area (Å²) in [4.78, 5) is 18.9. The average molecular weight is 427 g/mol. The second-order valence-corrected chi connectivity index (χ2v) is 7.96. The molecule has 0 saturated heterocycles. The molecule has 0 radical (unpaired) electrons. The standard InChI is InChI=1S/C20H18N4O3S2/c1-26-15-8-6-14(7-9-15)24(12-16-4-3-11-28-16)18(25)13-29-20-23-22-19(27-20)17-5-2-10-21-17/h2-11,21H,12-13H2,1H3. The summed E-state index contributed by atoms with van der Waals surface area (Å²) in [5, 5.41) is 10.4. The number of amides is 1. The molecule has 0 aliphatic carbocycles. The maximum atomic E-state index is 13.0. The molecule has 1 aromatic carbocycles. The number of hydrogen-bond acceptors (Lipinski definition) is 7. The summed E-state index contributed by atoms with van der Waals surface area (Å²) in [7, 11) is 1.62. The van der Waals surface area contributed by atoms with Gasteiger partial charge in [-0.2, -0.15) is 0 Å². The van der Waals surface area contributed by atoms with Crippen molar-refractivity contribution < 1.29 is 13.9 Å². The van der Waals surface area contributed by atoms with E-state index in [1.165, 1.54) is 11.8 Å². The Balaban J connectivity index is 1.47. The first-order valence-corrected chi connectivity index (χ1v) is 10.7. The Morgan fingerprint density at radius 3 is 2.76 bits per heavy atom. The predicted octanol–water partition coefficient (Wildman–Crippen LogP) is 4.46. The molecule has 0 aliphatic heterocycles. The second-order valence-electron chi connectivity index (χ2n) is 6.00. The van der Waals surface area contributed by atoms with E-state index in [9.17, 15) is 4.79 Å². The number of carbonyl (C=O) groups is 1. The van der Waals surface area contributed by atoms with Gasteiger partial charge in [0.05, 0.1) is 19.4 Å². The van der Waals surface area contributed by atoms with Crippen molar-refractivity contribution in [3.8, 4) is 17.3 Å². The van der Waals surface area contributed by atoms with Crippen LogP contribution in [0.15, 0.2) is 69.7 Å². The third-order valence-electron chi connectivity index (χ3n) is 4.13. The van der Waals surface area contributed by atoms with Gasteiger partial charge < -0.3 is 19.0 Å². The Bertz CT molecular complexity index is 1040. The zero-order valence-electron chi connectivity index (χ0n) is 15.6. The Hall–Kier alpha value is -3.04. The number of thiophene rings is 1. The number of nitrogens with one attached hydrogen (secondary N) is 1. The quantitative estimate of drug-likeness (QED) is 0.419. The molecule has 0 spiro atoms. The third-order valence-corrected chi connectivity index (χ3v) is 5.80. The number of aromatic nitrogens is 3. The van der Waals surface area contributed by atoms with Gasteiger partial charge in [0.15, 0.2) is 0 Å². The van der Waals surface area contributed by atoms with Crippen molar-refractivity contribution in [3.05, 3.63) is 65.0 Å². The van der Waals surface area contributed by atoms with Gasteiger partial charge in [0, 0.05) is 16.8 Å². The lowest BCUT2D eigenvalue weighted by Gasteiger charge is -2.22. The highest BCUT2D eigenvalue weighted by atomic mass is 32.2. The molecule has 0 aliphatic rings. The molecule has 0 fully saturated rings. The minimum atomic E-state index is -0.0480. The van der Waals surface area contributed by atoms with Gasteiger partial charge in [-0.3, -0.25) is 4.79 Å². The molecular formula is C20H18N4O3S2. The molecule has 7 nitrogen and oxygen atoms in total. The highest BCUT2D eigenvalue weighted by Gasteiger charge is 2.19. The first-order valence-electron chi connectivity index (χ1n) is 8.80. The SMILES string of the molecule is COc1ccc(N(Cc2cccs2)C(=O)CSc2nnc(-c3ccc[nH]3)o2)cc1. The van der Waals surface area contributed by atoms with E-state index in [1.54, 1.807) is 29.5 Å². The van der Waals surface area contributed by atoms with Gasteiger partial charge in [0.1, 0.15) is 11.4 Å². The molecule has 0 unspecified atom stereocenters. The summed E-state index contributed by atoms with van der Waals surface area (Å²) < 4.78 is 10.8. The molecule has 9 heteroatoms. The van der Waals surface area contributed by atoms with Crippen LogP contribution < -0.4 is 9.64 Å². The van der Waals surface area contributed by atoms with Crippen molar-refractivity contribution in [1.29, 1.82) is 0 Å². The summed E-state index contributed by atoms with van der Waals surface area (Å²) in [6.07, 6.45) is 1.78. The molecule has 1 N–H and O–H groups in total. The largest absolute Gasteiger partial charge is 0.497 e. The van der Waals surface area contributed by atoms with Gasteiger partial charge in [-0.25, -0.2) is 0 Å². The normalized spacial score (nSPS) is 10.8. The summed E-state index contributed by atoms with van der Waals surface area (Å²) in [5.41, 5.74) is 1.55. The fourth-order valence-electron chi connectivity index (χ4n) is 2.69. The fraction of sp³-hybridized carbons (Fsp3) is 0.150. The van der Waals surface area contributed by atoms with E-state index < -0.39 is 0 Å². The second kappa shape index (κ2) is 8.97. The molecule has 4 aromatic rings. The smallest absolute Gasteiger partial charge is 0.277 e. The van der Waals surface area contributed by atoms with Gasteiger partial charge in [-0.05, 0) is 47.8 Å². The number of nitrogens with zero attached hydrogens (tertiary/aromatic N) is 3. The number of aromatic amines is 1.